The van der Waals surface area contributed by atoms with Gasteiger partial charge in [0, 0.05) is 113 Å². The molecule has 0 spiro atoms. The van der Waals surface area contributed by atoms with Crippen LogP contribution in [-0.4, -0.2) is 44.7 Å². The number of para-hydroxylation sites is 8. The van der Waals surface area contributed by atoms with Gasteiger partial charge >= 0.3 is 0 Å². The highest BCUT2D eigenvalue weighted by Gasteiger charge is 2.17. The number of aryl methyl sites for hydroxylation is 4. The Kier molecular flexibility index (Phi) is 29.1. The van der Waals surface area contributed by atoms with Crippen LogP contribution in [0.3, 0.4) is 0 Å². The summed E-state index contributed by atoms with van der Waals surface area (Å²) in [5, 5.41) is 10.8. The summed E-state index contributed by atoms with van der Waals surface area (Å²) in [6, 6.07) is 124. The smallest absolute Gasteiger partial charge is 0.119 e. The maximum absolute atomic E-state index is 6.42. The molecule has 0 radical (unpaired) electrons. The molecule has 0 amide bonds. The summed E-state index contributed by atoms with van der Waals surface area (Å²) in [5.74, 6) is 3.61. The predicted molar refractivity (Wildman–Crippen MR) is 542 cm³/mol. The summed E-state index contributed by atoms with van der Waals surface area (Å²) in [5.41, 5.74) is 22.1. The quantitative estimate of drug-likeness (QED) is 0.0282. The number of ether oxygens (including phenoxy) is 4. The Labute approximate surface area is 756 Å². The fraction of sp³-hybridized carbons (Fsp3) is 0.267. The van der Waals surface area contributed by atoms with Gasteiger partial charge in [-0.15, -0.1) is 0 Å². The van der Waals surface area contributed by atoms with E-state index in [0.717, 1.165) is 131 Å². The molecule has 4 heterocycles. The van der Waals surface area contributed by atoms with E-state index in [4.69, 9.17) is 18.9 Å². The SMILES string of the molecule is C(=C(c1ccc(OCCCCCCCCn2c3ccccc3c3ccccc32)cc1)c1ccc(OCCCCCCCCn2c3ccccc3c3ccccc32)cc1)c1ccc(-c2ccc(C=C(c3ccc(OCCCCCCCCn4c5ccccc5c5ccccc54)cc3)c3ccc(OCCCCCCCCn4c5ccccc5c5ccccc54)cc3)cc2)cc1. The van der Waals surface area contributed by atoms with Gasteiger partial charge in [0.05, 0.1) is 26.4 Å². The van der Waals surface area contributed by atoms with Crippen molar-refractivity contribution < 1.29 is 18.9 Å². The number of fused-ring (bicyclic) bond motifs is 12. The largest absolute Gasteiger partial charge is 0.494 e. The summed E-state index contributed by atoms with van der Waals surface area (Å²) in [6.07, 6.45) is 33.0. The first kappa shape index (κ1) is 85.7. The summed E-state index contributed by atoms with van der Waals surface area (Å²) >= 11 is 0. The average molecular weight is 1680 g/mol. The zero-order valence-electron chi connectivity index (χ0n) is 74.5. The molecular formula is C120H122N4O4. The molecule has 0 aliphatic heterocycles. The van der Waals surface area contributed by atoms with Crippen molar-refractivity contribution in [3.05, 3.63) is 373 Å². The monoisotopic (exact) mass is 1680 g/mol. The van der Waals surface area contributed by atoms with Gasteiger partial charge in [-0.05, 0) is 216 Å². The summed E-state index contributed by atoms with van der Waals surface area (Å²) in [4.78, 5) is 0. The minimum absolute atomic E-state index is 0.711. The van der Waals surface area contributed by atoms with Gasteiger partial charge in [-0.1, -0.05) is 345 Å². The molecule has 0 aliphatic rings. The Morgan fingerprint density at radius 3 is 0.539 bits per heavy atom. The molecule has 8 heteroatoms. The van der Waals surface area contributed by atoms with Crippen LogP contribution >= 0.6 is 0 Å². The number of unbranched alkanes of at least 4 members (excludes halogenated alkanes) is 20. The van der Waals surface area contributed by atoms with Crippen molar-refractivity contribution in [3.63, 3.8) is 0 Å². The van der Waals surface area contributed by atoms with Gasteiger partial charge in [0.2, 0.25) is 0 Å². The number of aromatic nitrogens is 4. The Balaban J connectivity index is 0.497. The number of nitrogens with zero attached hydrogens (tertiary/aromatic N) is 4. The molecule has 0 aliphatic carbocycles. The van der Waals surface area contributed by atoms with Crippen LogP contribution in [0.1, 0.15) is 187 Å². The second kappa shape index (κ2) is 43.4. The van der Waals surface area contributed by atoms with Crippen LogP contribution in [-0.2, 0) is 26.2 Å². The van der Waals surface area contributed by atoms with Gasteiger partial charge < -0.3 is 37.2 Å². The first-order valence-electron chi connectivity index (χ1n) is 48.0. The van der Waals surface area contributed by atoms with E-state index in [1.807, 2.05) is 0 Å². The molecule has 0 saturated heterocycles. The molecule has 18 rings (SSSR count). The lowest BCUT2D eigenvalue weighted by Crippen LogP contribution is -1.99. The van der Waals surface area contributed by atoms with Gasteiger partial charge in [0.15, 0.2) is 0 Å². The van der Waals surface area contributed by atoms with Gasteiger partial charge in [0.25, 0.3) is 0 Å². The van der Waals surface area contributed by atoms with E-state index in [-0.39, 0.29) is 0 Å². The molecule has 0 bridgehead atoms. The van der Waals surface area contributed by atoms with Crippen molar-refractivity contribution in [2.75, 3.05) is 26.4 Å². The van der Waals surface area contributed by atoms with E-state index < -0.39 is 0 Å². The molecule has 0 saturated carbocycles. The first-order valence-corrected chi connectivity index (χ1v) is 48.0. The minimum atomic E-state index is 0.711. The van der Waals surface area contributed by atoms with Crippen LogP contribution in [0, 0.1) is 0 Å². The lowest BCUT2D eigenvalue weighted by molar-refractivity contribution is 0.304. The highest BCUT2D eigenvalue weighted by molar-refractivity contribution is 6.11. The van der Waals surface area contributed by atoms with Crippen LogP contribution in [0.5, 0.6) is 23.0 Å². The highest BCUT2D eigenvalue weighted by atomic mass is 16.5. The first-order chi connectivity index (χ1) is 63.6. The molecule has 4 aromatic heterocycles. The molecule has 18 aromatic rings. The minimum Gasteiger partial charge on any atom is -0.494 e. The van der Waals surface area contributed by atoms with E-state index in [1.54, 1.807) is 0 Å². The molecule has 128 heavy (non-hydrogen) atoms. The van der Waals surface area contributed by atoms with Crippen molar-refractivity contribution in [2.24, 2.45) is 0 Å². The van der Waals surface area contributed by atoms with E-state index >= 15 is 0 Å². The standard InChI is InChI=1S/C120H122N4O4/c1(9-33-81-121-113-49-25-17-41-103(113)104-42-18-26-50-114(104)121)5-13-37-85-125-99-73-65-95(66-74-99)111(96-67-75-100(76-68-96)126-86-38-14-6-2-10-34-82-122-115-51-27-19-43-105(115)106-44-20-28-52-116(106)122)89-91-57-61-93(62-58-91)94-63-59-92(60-64-94)90-112(97-69-77-101(78-70-97)127-87-39-15-7-3-11-35-83-123-117-53-29-21-45-107(117)108-46-22-30-54-118(108)123)98-71-79-102(80-72-98)128-88-40-16-8-4-12-36-84-124-119-55-31-23-47-109(119)110-48-24-32-56-120(110)124/h17-32,41-80,89-90H,1-16,33-40,81-88H2. The van der Waals surface area contributed by atoms with Crippen molar-refractivity contribution in [3.8, 4) is 34.1 Å². The van der Waals surface area contributed by atoms with Crippen LogP contribution in [0.15, 0.2) is 340 Å². The van der Waals surface area contributed by atoms with E-state index in [2.05, 4.69) is 370 Å². The Bertz CT molecular complexity index is 5710. The van der Waals surface area contributed by atoms with Crippen molar-refractivity contribution in [1.29, 1.82) is 0 Å². The summed E-state index contributed by atoms with van der Waals surface area (Å²) < 4.78 is 35.8. The molecule has 646 valence electrons. The van der Waals surface area contributed by atoms with E-state index in [0.29, 0.717) is 26.4 Å². The number of rotatable bonds is 47. The molecule has 0 atom stereocenters. The van der Waals surface area contributed by atoms with Gasteiger partial charge in [-0.2, -0.15) is 0 Å². The van der Waals surface area contributed by atoms with E-state index in [9.17, 15) is 0 Å². The van der Waals surface area contributed by atoms with Gasteiger partial charge in [-0.25, -0.2) is 0 Å². The average Bonchev–Trinajstić information content (AvgIpc) is 1.64. The molecule has 0 fully saturated rings. The Morgan fingerprint density at radius 2 is 0.344 bits per heavy atom. The number of hydrogen-bond donors (Lipinski definition) is 0. The van der Waals surface area contributed by atoms with E-state index in [1.165, 1.54) is 216 Å². The zero-order valence-corrected chi connectivity index (χ0v) is 74.5. The molecule has 0 unspecified atom stereocenters. The zero-order chi connectivity index (χ0) is 86.1. The lowest BCUT2D eigenvalue weighted by atomic mass is 9.94. The maximum Gasteiger partial charge on any atom is 0.119 e. The van der Waals surface area contributed by atoms with Crippen molar-refractivity contribution in [2.45, 2.75) is 180 Å². The number of benzene rings is 14. The highest BCUT2D eigenvalue weighted by Crippen LogP contribution is 2.38. The van der Waals surface area contributed by atoms with Crippen LogP contribution in [0.2, 0.25) is 0 Å². The second-order valence-electron chi connectivity index (χ2n) is 35.1. The second-order valence-corrected chi connectivity index (χ2v) is 35.1. The van der Waals surface area contributed by atoms with Gasteiger partial charge in [0.1, 0.15) is 23.0 Å². The fourth-order valence-electron chi connectivity index (χ4n) is 19.5. The molecule has 0 N–H and O–H groups in total. The Morgan fingerprint density at radius 1 is 0.172 bits per heavy atom. The van der Waals surface area contributed by atoms with Crippen LogP contribution in [0.25, 0.3) is 122 Å². The van der Waals surface area contributed by atoms with Gasteiger partial charge in [-0.3, -0.25) is 0 Å². The van der Waals surface area contributed by atoms with Crippen LogP contribution in [0.4, 0.5) is 0 Å². The topological polar surface area (TPSA) is 56.6 Å². The Hall–Kier alpha value is -13.0. The lowest BCUT2D eigenvalue weighted by Gasteiger charge is -2.13. The third-order valence-corrected chi connectivity index (χ3v) is 26.3. The van der Waals surface area contributed by atoms with Crippen molar-refractivity contribution >= 4 is 111 Å². The third-order valence-electron chi connectivity index (χ3n) is 26.3. The van der Waals surface area contributed by atoms with Crippen molar-refractivity contribution in [1.82, 2.24) is 18.3 Å². The summed E-state index contributed by atoms with van der Waals surface area (Å²) in [7, 11) is 0. The predicted octanol–water partition coefficient (Wildman–Crippen LogP) is 32.6. The molecule has 14 aromatic carbocycles. The maximum atomic E-state index is 6.42. The van der Waals surface area contributed by atoms with Crippen LogP contribution < -0.4 is 18.9 Å². The fourth-order valence-corrected chi connectivity index (χ4v) is 19.5. The molecule has 8 nitrogen and oxygen atoms in total. The molecular weight excluding hydrogens is 1560 g/mol. The number of hydrogen-bond acceptors (Lipinski definition) is 4. The normalized spacial score (nSPS) is 11.7. The summed E-state index contributed by atoms with van der Waals surface area (Å²) in [6.45, 7) is 7.05. The third kappa shape index (κ3) is 21.1.